The van der Waals surface area contributed by atoms with Gasteiger partial charge in [0.15, 0.2) is 0 Å². The van der Waals surface area contributed by atoms with Gasteiger partial charge in [0.05, 0.1) is 0 Å². The van der Waals surface area contributed by atoms with Crippen molar-refractivity contribution in [3.8, 4) is 5.75 Å². The summed E-state index contributed by atoms with van der Waals surface area (Å²) in [6, 6.07) is 6.16. The van der Waals surface area contributed by atoms with Crippen LogP contribution in [0.5, 0.6) is 5.75 Å². The first-order valence-corrected chi connectivity index (χ1v) is 6.66. The van der Waals surface area contributed by atoms with Crippen molar-refractivity contribution in [2.24, 2.45) is 5.73 Å². The molecule has 1 aliphatic heterocycles. The van der Waals surface area contributed by atoms with Crippen molar-refractivity contribution in [3.05, 3.63) is 28.2 Å². The van der Waals surface area contributed by atoms with Crippen LogP contribution in [0.2, 0.25) is 0 Å². The number of ether oxygens (including phenoxy) is 1. The summed E-state index contributed by atoms with van der Waals surface area (Å²) in [5.74, 6) is 0.991. The molecule has 2 rings (SSSR count). The van der Waals surface area contributed by atoms with Crippen LogP contribution >= 0.6 is 15.9 Å². The topological polar surface area (TPSA) is 38.5 Å². The SMILES string of the molecule is CC(C)(N)CN1CCOc2ccc(Br)cc2C1. The Bertz CT molecular complexity index is 401. The van der Waals surface area contributed by atoms with Gasteiger partial charge in [-0.25, -0.2) is 0 Å². The molecule has 0 unspecified atom stereocenters. The maximum Gasteiger partial charge on any atom is 0.123 e. The van der Waals surface area contributed by atoms with Crippen LogP contribution in [0.15, 0.2) is 22.7 Å². The summed E-state index contributed by atoms with van der Waals surface area (Å²) in [5, 5.41) is 0. The number of fused-ring (bicyclic) bond motifs is 1. The lowest BCUT2D eigenvalue weighted by molar-refractivity contribution is 0.195. The lowest BCUT2D eigenvalue weighted by Gasteiger charge is -2.28. The number of hydrogen-bond acceptors (Lipinski definition) is 3. The molecule has 17 heavy (non-hydrogen) atoms. The zero-order chi connectivity index (χ0) is 12.5. The molecular formula is C13H19BrN2O. The minimum Gasteiger partial charge on any atom is -0.492 e. The van der Waals surface area contributed by atoms with Crippen molar-refractivity contribution in [3.63, 3.8) is 0 Å². The average molecular weight is 299 g/mol. The number of benzene rings is 1. The van der Waals surface area contributed by atoms with Crippen LogP contribution in [-0.2, 0) is 6.54 Å². The van der Waals surface area contributed by atoms with E-state index >= 15 is 0 Å². The maximum absolute atomic E-state index is 6.08. The van der Waals surface area contributed by atoms with Gasteiger partial charge < -0.3 is 10.5 Å². The van der Waals surface area contributed by atoms with Gasteiger partial charge in [0.25, 0.3) is 0 Å². The van der Waals surface area contributed by atoms with Gasteiger partial charge in [0.1, 0.15) is 12.4 Å². The highest BCUT2D eigenvalue weighted by Crippen LogP contribution is 2.26. The van der Waals surface area contributed by atoms with Gasteiger partial charge in [-0.3, -0.25) is 4.90 Å². The predicted octanol–water partition coefficient (Wildman–Crippen LogP) is 2.38. The van der Waals surface area contributed by atoms with E-state index in [1.807, 2.05) is 12.1 Å². The zero-order valence-corrected chi connectivity index (χ0v) is 12.0. The molecule has 0 radical (unpaired) electrons. The molecule has 0 aliphatic carbocycles. The van der Waals surface area contributed by atoms with Crippen molar-refractivity contribution in [2.75, 3.05) is 19.7 Å². The summed E-state index contributed by atoms with van der Waals surface area (Å²) >= 11 is 3.50. The molecule has 0 amide bonds. The van der Waals surface area contributed by atoms with E-state index in [2.05, 4.69) is 40.7 Å². The fraction of sp³-hybridized carbons (Fsp3) is 0.538. The van der Waals surface area contributed by atoms with E-state index < -0.39 is 0 Å². The van der Waals surface area contributed by atoms with Gasteiger partial charge >= 0.3 is 0 Å². The van der Waals surface area contributed by atoms with Crippen LogP contribution in [0, 0.1) is 0 Å². The van der Waals surface area contributed by atoms with Crippen molar-refractivity contribution >= 4 is 15.9 Å². The van der Waals surface area contributed by atoms with E-state index in [0.717, 1.165) is 36.5 Å². The van der Waals surface area contributed by atoms with E-state index in [0.29, 0.717) is 0 Å². The summed E-state index contributed by atoms with van der Waals surface area (Å²) in [7, 11) is 0. The third-order valence-electron chi connectivity index (χ3n) is 2.71. The molecule has 0 bridgehead atoms. The minimum atomic E-state index is -0.170. The van der Waals surface area contributed by atoms with Crippen LogP contribution in [0.3, 0.4) is 0 Å². The summed E-state index contributed by atoms with van der Waals surface area (Å²) in [6.45, 7) is 7.54. The largest absolute Gasteiger partial charge is 0.492 e. The summed E-state index contributed by atoms with van der Waals surface area (Å²) in [6.07, 6.45) is 0. The molecule has 0 fully saturated rings. The molecule has 94 valence electrons. The standard InChI is InChI=1S/C13H19BrN2O/c1-13(2,15)9-16-5-6-17-12-4-3-11(14)7-10(12)8-16/h3-4,7H,5-6,8-9,15H2,1-2H3. The Hall–Kier alpha value is -0.580. The third-order valence-corrected chi connectivity index (χ3v) is 3.21. The zero-order valence-electron chi connectivity index (χ0n) is 10.4. The first-order chi connectivity index (χ1) is 7.94. The maximum atomic E-state index is 6.08. The number of halogens is 1. The molecule has 2 N–H and O–H groups in total. The first kappa shape index (κ1) is 12.9. The number of rotatable bonds is 2. The highest BCUT2D eigenvalue weighted by Gasteiger charge is 2.20. The monoisotopic (exact) mass is 298 g/mol. The number of hydrogen-bond donors (Lipinski definition) is 1. The van der Waals surface area contributed by atoms with Gasteiger partial charge in [-0.15, -0.1) is 0 Å². The highest BCUT2D eigenvalue weighted by molar-refractivity contribution is 9.10. The Morgan fingerprint density at radius 1 is 1.47 bits per heavy atom. The van der Waals surface area contributed by atoms with E-state index in [1.165, 1.54) is 5.56 Å². The van der Waals surface area contributed by atoms with Gasteiger partial charge in [0.2, 0.25) is 0 Å². The lowest BCUT2D eigenvalue weighted by Crippen LogP contribution is -2.45. The fourth-order valence-electron chi connectivity index (χ4n) is 2.13. The van der Waals surface area contributed by atoms with Crippen LogP contribution in [0.4, 0.5) is 0 Å². The molecule has 4 heteroatoms. The molecule has 0 saturated heterocycles. The summed E-state index contributed by atoms with van der Waals surface area (Å²) in [4.78, 5) is 2.35. The Balaban J connectivity index is 2.16. The molecular weight excluding hydrogens is 280 g/mol. The smallest absolute Gasteiger partial charge is 0.123 e. The molecule has 0 saturated carbocycles. The number of nitrogens with zero attached hydrogens (tertiary/aromatic N) is 1. The second kappa shape index (κ2) is 4.96. The third kappa shape index (κ3) is 3.69. The molecule has 0 spiro atoms. The van der Waals surface area contributed by atoms with E-state index in [-0.39, 0.29) is 5.54 Å². The quantitative estimate of drug-likeness (QED) is 0.911. The summed E-state index contributed by atoms with van der Waals surface area (Å²) < 4.78 is 6.84. The van der Waals surface area contributed by atoms with Crippen LogP contribution in [0.1, 0.15) is 19.4 Å². The Labute approximate surface area is 111 Å². The van der Waals surface area contributed by atoms with Crippen molar-refractivity contribution in [1.82, 2.24) is 4.90 Å². The lowest BCUT2D eigenvalue weighted by atomic mass is 10.1. The van der Waals surface area contributed by atoms with Gasteiger partial charge in [-0.1, -0.05) is 15.9 Å². The first-order valence-electron chi connectivity index (χ1n) is 5.86. The van der Waals surface area contributed by atoms with Crippen LogP contribution in [-0.4, -0.2) is 30.1 Å². The van der Waals surface area contributed by atoms with Gasteiger partial charge in [-0.2, -0.15) is 0 Å². The van der Waals surface area contributed by atoms with Crippen LogP contribution < -0.4 is 10.5 Å². The highest BCUT2D eigenvalue weighted by atomic mass is 79.9. The normalized spacial score (nSPS) is 17.2. The Kier molecular flexibility index (Phi) is 3.76. The Morgan fingerprint density at radius 3 is 2.94 bits per heavy atom. The van der Waals surface area contributed by atoms with Gasteiger partial charge in [-0.05, 0) is 32.0 Å². The van der Waals surface area contributed by atoms with Crippen molar-refractivity contribution in [1.29, 1.82) is 0 Å². The van der Waals surface area contributed by atoms with Crippen LogP contribution in [0.25, 0.3) is 0 Å². The second-order valence-electron chi connectivity index (χ2n) is 5.30. The van der Waals surface area contributed by atoms with E-state index in [9.17, 15) is 0 Å². The minimum absolute atomic E-state index is 0.170. The fourth-order valence-corrected chi connectivity index (χ4v) is 2.54. The van der Waals surface area contributed by atoms with Gasteiger partial charge in [0, 0.05) is 35.2 Å². The van der Waals surface area contributed by atoms with E-state index in [1.54, 1.807) is 0 Å². The van der Waals surface area contributed by atoms with E-state index in [4.69, 9.17) is 10.5 Å². The molecule has 1 aromatic rings. The van der Waals surface area contributed by atoms with Crippen molar-refractivity contribution in [2.45, 2.75) is 25.9 Å². The molecule has 1 heterocycles. The predicted molar refractivity (Wildman–Crippen MR) is 73.2 cm³/mol. The second-order valence-corrected chi connectivity index (χ2v) is 6.22. The molecule has 0 atom stereocenters. The molecule has 0 aromatic heterocycles. The number of nitrogens with two attached hydrogens (primary N) is 1. The van der Waals surface area contributed by atoms with Crippen molar-refractivity contribution < 1.29 is 4.74 Å². The Morgan fingerprint density at radius 2 is 2.24 bits per heavy atom. The molecule has 1 aliphatic rings. The summed E-state index contributed by atoms with van der Waals surface area (Å²) in [5.41, 5.74) is 7.13. The molecule has 1 aromatic carbocycles. The average Bonchev–Trinajstić information content (AvgIpc) is 2.36. The molecule has 3 nitrogen and oxygen atoms in total.